The number of carbonyl (C=O) groups excluding carboxylic acids is 1. The third kappa shape index (κ3) is 4.39. The minimum atomic E-state index is -3.36. The van der Waals surface area contributed by atoms with Gasteiger partial charge in [-0.3, -0.25) is 9.69 Å². The molecule has 5 rings (SSSR count). The van der Waals surface area contributed by atoms with Gasteiger partial charge in [0.05, 0.1) is 17.1 Å². The topological polar surface area (TPSA) is 106 Å². The molecule has 2 aliphatic carbocycles. The van der Waals surface area contributed by atoms with Crippen molar-refractivity contribution in [2.24, 2.45) is 11.8 Å². The molecule has 0 unspecified atom stereocenters. The number of fused-ring (bicyclic) bond motifs is 1. The molecule has 1 atom stereocenters. The van der Waals surface area contributed by atoms with Gasteiger partial charge < -0.3 is 5.73 Å². The van der Waals surface area contributed by atoms with Gasteiger partial charge in [-0.15, -0.1) is 0 Å². The second-order valence-electron chi connectivity index (χ2n) is 9.03. The van der Waals surface area contributed by atoms with E-state index in [2.05, 4.69) is 22.1 Å². The summed E-state index contributed by atoms with van der Waals surface area (Å²) in [7, 11) is -1.68. The van der Waals surface area contributed by atoms with Gasteiger partial charge in [0.25, 0.3) is 0 Å². The van der Waals surface area contributed by atoms with E-state index in [1.165, 1.54) is 4.90 Å². The first kappa shape index (κ1) is 22.0. The van der Waals surface area contributed by atoms with E-state index in [9.17, 15) is 13.2 Å². The molecule has 9 heteroatoms. The summed E-state index contributed by atoms with van der Waals surface area (Å²) < 4.78 is 25.8. The third-order valence-corrected chi connectivity index (χ3v) is 10.2. The van der Waals surface area contributed by atoms with E-state index >= 15 is 0 Å². The van der Waals surface area contributed by atoms with Crippen molar-refractivity contribution in [2.75, 3.05) is 23.4 Å². The zero-order valence-corrected chi connectivity index (χ0v) is 20.2. The maximum Gasteiger partial charge on any atom is 0.232 e. The lowest BCUT2D eigenvalue weighted by atomic mass is 10.0. The number of nitrogens with two attached hydrogens (primary N) is 1. The molecule has 172 valence electrons. The molecule has 1 saturated carbocycles. The molecule has 0 spiro atoms. The largest absolute Gasteiger partial charge is 0.384 e. The Bertz CT molecular complexity index is 1350. The molecule has 3 aromatic rings. The average molecular weight is 483 g/mol. The van der Waals surface area contributed by atoms with Gasteiger partial charge in [-0.2, -0.15) is 0 Å². The maximum atomic E-state index is 13.3. The van der Waals surface area contributed by atoms with Crippen LogP contribution in [0.2, 0.25) is 0 Å². The van der Waals surface area contributed by atoms with Gasteiger partial charge in [-0.05, 0) is 67.9 Å². The highest BCUT2D eigenvalue weighted by molar-refractivity contribution is 7.93. The zero-order chi connectivity index (χ0) is 23.3. The molecule has 2 aliphatic rings. The lowest BCUT2D eigenvalue weighted by Crippen LogP contribution is -2.33. The number of aryl methyl sites for hydroxylation is 1. The number of amides is 1. The normalized spacial score (nSPS) is 17.7. The van der Waals surface area contributed by atoms with Crippen LogP contribution >= 0.6 is 11.3 Å². The van der Waals surface area contributed by atoms with E-state index in [4.69, 9.17) is 5.73 Å². The van der Waals surface area contributed by atoms with Crippen LogP contribution < -0.4 is 10.6 Å². The Balaban J connectivity index is 1.33. The molecule has 0 radical (unpaired) electrons. The molecular weight excluding hydrogens is 456 g/mol. The highest BCUT2D eigenvalue weighted by atomic mass is 32.2. The quantitative estimate of drug-likeness (QED) is 0.575. The Morgan fingerprint density at radius 2 is 1.91 bits per heavy atom. The van der Waals surface area contributed by atoms with Crippen LogP contribution in [-0.2, 0) is 27.5 Å². The van der Waals surface area contributed by atoms with Crippen LogP contribution in [0.1, 0.15) is 29.7 Å². The lowest BCUT2D eigenvalue weighted by molar-refractivity contribution is -0.121. The van der Waals surface area contributed by atoms with Gasteiger partial charge >= 0.3 is 0 Å². The van der Waals surface area contributed by atoms with E-state index in [-0.39, 0.29) is 27.7 Å². The number of carbonyl (C=O) groups is 1. The summed E-state index contributed by atoms with van der Waals surface area (Å²) >= 11 is 1.10. The first-order chi connectivity index (χ1) is 15.7. The number of nitrogen functional groups attached to an aromatic ring is 1. The molecule has 1 fully saturated rings. The second kappa shape index (κ2) is 8.22. The number of pyridine rings is 1. The molecule has 33 heavy (non-hydrogen) atoms. The van der Waals surface area contributed by atoms with Crippen molar-refractivity contribution in [3.8, 4) is 11.3 Å². The molecular formula is C24H26N4O3S2. The molecule has 2 N–H and O–H groups in total. The minimum absolute atomic E-state index is 0.0466. The molecule has 1 aromatic carbocycles. The molecule has 0 aliphatic heterocycles. The fourth-order valence-electron chi connectivity index (χ4n) is 4.40. The smallest absolute Gasteiger partial charge is 0.232 e. The molecule has 0 bridgehead atoms. The second-order valence-corrected chi connectivity index (χ2v) is 12.2. The third-order valence-electron chi connectivity index (χ3n) is 6.35. The van der Waals surface area contributed by atoms with E-state index in [0.717, 1.165) is 46.6 Å². The van der Waals surface area contributed by atoms with E-state index in [0.29, 0.717) is 29.5 Å². The fraction of sp³-hybridized carbons (Fsp3) is 0.375. The molecule has 0 saturated heterocycles. The maximum absolute atomic E-state index is 13.3. The van der Waals surface area contributed by atoms with Crippen molar-refractivity contribution in [1.82, 2.24) is 9.97 Å². The van der Waals surface area contributed by atoms with Crippen LogP contribution in [0.3, 0.4) is 0 Å². The number of anilines is 2. The van der Waals surface area contributed by atoms with Gasteiger partial charge in [0.1, 0.15) is 10.0 Å². The van der Waals surface area contributed by atoms with Crippen molar-refractivity contribution in [3.05, 3.63) is 53.2 Å². The van der Waals surface area contributed by atoms with Crippen molar-refractivity contribution in [3.63, 3.8) is 0 Å². The van der Waals surface area contributed by atoms with E-state index in [1.54, 1.807) is 20.0 Å². The molecule has 1 amide bonds. The Morgan fingerprint density at radius 3 is 2.64 bits per heavy atom. The van der Waals surface area contributed by atoms with Crippen LogP contribution in [0.4, 0.5) is 10.9 Å². The Morgan fingerprint density at radius 1 is 1.15 bits per heavy atom. The summed E-state index contributed by atoms with van der Waals surface area (Å²) in [6, 6.07) is 11.7. The lowest BCUT2D eigenvalue weighted by Gasteiger charge is -2.18. The number of thiazole rings is 1. The summed E-state index contributed by atoms with van der Waals surface area (Å²) in [5, 5.41) is 0.437. The Hall–Kier alpha value is -2.78. The van der Waals surface area contributed by atoms with Gasteiger partial charge in [-0.25, -0.2) is 18.4 Å². The van der Waals surface area contributed by atoms with Crippen LogP contribution in [-0.4, -0.2) is 37.1 Å². The number of hydrogen-bond acceptors (Lipinski definition) is 7. The number of nitrogens with zero attached hydrogens (tertiary/aromatic N) is 3. The van der Waals surface area contributed by atoms with Gasteiger partial charge in [0.2, 0.25) is 5.91 Å². The number of aromatic nitrogens is 2. The summed E-state index contributed by atoms with van der Waals surface area (Å²) in [5.41, 5.74) is 10.4. The summed E-state index contributed by atoms with van der Waals surface area (Å²) in [5.74, 6) is 0.665. The van der Waals surface area contributed by atoms with Crippen molar-refractivity contribution in [1.29, 1.82) is 0 Å². The SMILES string of the molecule is Cc1nc(N(C)C(=O)[C@@H]2Cc3ccc(-c4cccc(N)n4)cc3C2)sc1S(=O)(=O)CC1CC1. The van der Waals surface area contributed by atoms with Gasteiger partial charge in [0, 0.05) is 18.5 Å². The molecule has 7 nitrogen and oxygen atoms in total. The van der Waals surface area contributed by atoms with Crippen molar-refractivity contribution < 1.29 is 13.2 Å². The predicted molar refractivity (Wildman–Crippen MR) is 130 cm³/mol. The van der Waals surface area contributed by atoms with Gasteiger partial charge in [0.15, 0.2) is 15.0 Å². The summed E-state index contributed by atoms with van der Waals surface area (Å²) in [6.07, 6.45) is 3.23. The first-order valence-electron chi connectivity index (χ1n) is 11.0. The highest BCUT2D eigenvalue weighted by Gasteiger charge is 2.34. The Kier molecular flexibility index (Phi) is 5.49. The highest BCUT2D eigenvalue weighted by Crippen LogP contribution is 2.37. The zero-order valence-electron chi connectivity index (χ0n) is 18.6. The van der Waals surface area contributed by atoms with Crippen molar-refractivity contribution in [2.45, 2.75) is 36.8 Å². The van der Waals surface area contributed by atoms with Crippen LogP contribution in [0.25, 0.3) is 11.3 Å². The predicted octanol–water partition coefficient (Wildman–Crippen LogP) is 3.66. The van der Waals surface area contributed by atoms with E-state index < -0.39 is 9.84 Å². The summed E-state index contributed by atoms with van der Waals surface area (Å²) in [4.78, 5) is 23.6. The Labute approximate surface area is 197 Å². The van der Waals surface area contributed by atoms with Crippen LogP contribution in [0.5, 0.6) is 0 Å². The molecule has 2 heterocycles. The van der Waals surface area contributed by atoms with Crippen molar-refractivity contribution >= 4 is 38.0 Å². The minimum Gasteiger partial charge on any atom is -0.384 e. The molecule has 2 aromatic heterocycles. The van der Waals surface area contributed by atoms with E-state index in [1.807, 2.05) is 18.2 Å². The average Bonchev–Trinajstić information content (AvgIpc) is 3.32. The standard InChI is InChI=1S/C24H26N4O3S2/c1-14-23(33(30,31)13-15-6-7-15)32-24(26-14)28(2)22(29)19-10-16-8-9-17(11-18(16)12-19)20-4-3-5-21(25)27-20/h3-5,8-9,11,15,19H,6-7,10,12-13H2,1-2H3,(H2,25,27)/t19-/m1/s1. The fourth-order valence-corrected chi connectivity index (χ4v) is 7.71. The van der Waals surface area contributed by atoms with Crippen LogP contribution in [0, 0.1) is 18.8 Å². The number of benzene rings is 1. The number of sulfone groups is 1. The monoisotopic (exact) mass is 482 g/mol. The first-order valence-corrected chi connectivity index (χ1v) is 13.5. The van der Waals surface area contributed by atoms with Gasteiger partial charge in [-0.1, -0.05) is 29.5 Å². The number of rotatable bonds is 6. The van der Waals surface area contributed by atoms with Crippen LogP contribution in [0.15, 0.2) is 40.6 Å². The summed E-state index contributed by atoms with van der Waals surface area (Å²) in [6.45, 7) is 1.70. The number of hydrogen-bond donors (Lipinski definition) is 1.